The van der Waals surface area contributed by atoms with Crippen LogP contribution in [0.4, 0.5) is 5.69 Å². The van der Waals surface area contributed by atoms with Gasteiger partial charge in [0.1, 0.15) is 5.75 Å². The molecule has 0 saturated carbocycles. The predicted molar refractivity (Wildman–Crippen MR) is 105 cm³/mol. The topological polar surface area (TPSA) is 58.2 Å². The molecule has 2 heterocycles. The van der Waals surface area contributed by atoms with E-state index in [1.807, 2.05) is 48.2 Å². The number of hydrogen-bond donors (Lipinski definition) is 1. The summed E-state index contributed by atoms with van der Waals surface area (Å²) in [5.41, 5.74) is 4.05. The van der Waals surface area contributed by atoms with E-state index in [-0.39, 0.29) is 17.2 Å². The van der Waals surface area contributed by atoms with Gasteiger partial charge in [0.15, 0.2) is 5.16 Å². The number of anilines is 1. The summed E-state index contributed by atoms with van der Waals surface area (Å²) >= 11 is 1.46. The highest BCUT2D eigenvalue weighted by Gasteiger charge is 2.33. The van der Waals surface area contributed by atoms with Crippen molar-refractivity contribution in [1.29, 1.82) is 0 Å². The Morgan fingerprint density at radius 3 is 2.96 bits per heavy atom. The molecule has 0 aliphatic carbocycles. The first-order valence-electron chi connectivity index (χ1n) is 8.68. The number of para-hydroxylation sites is 1. The van der Waals surface area contributed by atoms with Crippen molar-refractivity contribution in [2.75, 3.05) is 12.0 Å². The average molecular weight is 367 g/mol. The van der Waals surface area contributed by atoms with E-state index in [2.05, 4.69) is 23.0 Å². The van der Waals surface area contributed by atoms with Gasteiger partial charge in [-0.15, -0.1) is 0 Å². The van der Waals surface area contributed by atoms with Crippen molar-refractivity contribution < 1.29 is 9.53 Å². The summed E-state index contributed by atoms with van der Waals surface area (Å²) in [5, 5.41) is 0.514. The van der Waals surface area contributed by atoms with Crippen molar-refractivity contribution in [2.24, 2.45) is 0 Å². The maximum absolute atomic E-state index is 13.1. The van der Waals surface area contributed by atoms with Crippen LogP contribution in [-0.2, 0) is 11.2 Å². The molecule has 0 bridgehead atoms. The van der Waals surface area contributed by atoms with E-state index >= 15 is 0 Å². The van der Waals surface area contributed by atoms with Crippen LogP contribution in [0.1, 0.15) is 19.4 Å². The highest BCUT2D eigenvalue weighted by atomic mass is 32.2. The number of aromatic amines is 1. The molecule has 26 heavy (non-hydrogen) atoms. The summed E-state index contributed by atoms with van der Waals surface area (Å²) in [4.78, 5) is 22.9. The number of ether oxygens (including phenoxy) is 1. The molecule has 0 saturated heterocycles. The summed E-state index contributed by atoms with van der Waals surface area (Å²) in [6.45, 7) is 4.04. The minimum absolute atomic E-state index is 0.116. The molecular formula is C20H21N3O2S. The van der Waals surface area contributed by atoms with Gasteiger partial charge < -0.3 is 14.6 Å². The number of hydrogen-bond acceptors (Lipinski definition) is 4. The Balaban J connectivity index is 1.54. The molecule has 6 heteroatoms. The SMILES string of the molecule is COc1ccc2nc(SC(C)C(=O)N3c4ccccc4CC3C)[nH]c2c1. The number of aromatic nitrogens is 2. The van der Waals surface area contributed by atoms with Gasteiger partial charge in [0, 0.05) is 17.8 Å². The number of methoxy groups -OCH3 is 1. The third-order valence-electron chi connectivity index (χ3n) is 4.75. The molecule has 2 atom stereocenters. The molecular weight excluding hydrogens is 346 g/mol. The molecule has 0 fully saturated rings. The van der Waals surface area contributed by atoms with Gasteiger partial charge in [-0.25, -0.2) is 4.98 Å². The van der Waals surface area contributed by atoms with Gasteiger partial charge in [0.25, 0.3) is 0 Å². The van der Waals surface area contributed by atoms with E-state index in [1.165, 1.54) is 17.3 Å². The Morgan fingerprint density at radius 2 is 2.15 bits per heavy atom. The zero-order valence-electron chi connectivity index (χ0n) is 15.0. The number of nitrogens with zero attached hydrogens (tertiary/aromatic N) is 2. The zero-order chi connectivity index (χ0) is 18.3. The van der Waals surface area contributed by atoms with Gasteiger partial charge in [0.2, 0.25) is 5.91 Å². The van der Waals surface area contributed by atoms with Crippen LogP contribution in [0.3, 0.4) is 0 Å². The number of imidazole rings is 1. The molecule has 3 aromatic rings. The number of nitrogens with one attached hydrogen (secondary N) is 1. The normalized spacial score (nSPS) is 17.3. The number of carbonyl (C=O) groups excluding carboxylic acids is 1. The van der Waals surface area contributed by atoms with E-state index in [0.717, 1.165) is 34.0 Å². The second-order valence-corrected chi connectivity index (χ2v) is 7.90. The van der Waals surface area contributed by atoms with Gasteiger partial charge in [-0.3, -0.25) is 4.79 Å². The van der Waals surface area contributed by atoms with Gasteiger partial charge in [-0.2, -0.15) is 0 Å². The van der Waals surface area contributed by atoms with Crippen LogP contribution in [0.2, 0.25) is 0 Å². The quantitative estimate of drug-likeness (QED) is 0.708. The van der Waals surface area contributed by atoms with Crippen molar-refractivity contribution >= 4 is 34.4 Å². The largest absolute Gasteiger partial charge is 0.497 e. The van der Waals surface area contributed by atoms with Crippen LogP contribution in [0.5, 0.6) is 5.75 Å². The lowest BCUT2D eigenvalue weighted by Gasteiger charge is -2.25. The van der Waals surface area contributed by atoms with Crippen molar-refractivity contribution in [2.45, 2.75) is 36.7 Å². The van der Waals surface area contributed by atoms with Gasteiger partial charge in [-0.05, 0) is 44.0 Å². The molecule has 2 aromatic carbocycles. The van der Waals surface area contributed by atoms with E-state index < -0.39 is 0 Å². The summed E-state index contributed by atoms with van der Waals surface area (Å²) in [6.07, 6.45) is 0.906. The second-order valence-electron chi connectivity index (χ2n) is 6.58. The lowest BCUT2D eigenvalue weighted by atomic mass is 10.1. The van der Waals surface area contributed by atoms with E-state index in [0.29, 0.717) is 0 Å². The predicted octanol–water partition coefficient (Wildman–Crippen LogP) is 4.03. The molecule has 2 unspecified atom stereocenters. The number of benzene rings is 2. The van der Waals surface area contributed by atoms with Crippen molar-refractivity contribution in [1.82, 2.24) is 9.97 Å². The molecule has 5 nitrogen and oxygen atoms in total. The first-order chi connectivity index (χ1) is 12.6. The number of H-pyrrole nitrogens is 1. The van der Waals surface area contributed by atoms with Crippen LogP contribution in [-0.4, -0.2) is 34.3 Å². The Labute approximate surface area is 156 Å². The van der Waals surface area contributed by atoms with Crippen molar-refractivity contribution in [3.05, 3.63) is 48.0 Å². The first kappa shape index (κ1) is 17.0. The third-order valence-corrected chi connectivity index (χ3v) is 5.72. The van der Waals surface area contributed by atoms with E-state index in [9.17, 15) is 4.79 Å². The Morgan fingerprint density at radius 1 is 1.35 bits per heavy atom. The lowest BCUT2D eigenvalue weighted by Crippen LogP contribution is -2.40. The Bertz CT molecular complexity index is 969. The number of fused-ring (bicyclic) bond motifs is 2. The summed E-state index contributed by atoms with van der Waals surface area (Å²) < 4.78 is 5.25. The van der Waals surface area contributed by atoms with Crippen molar-refractivity contribution in [3.8, 4) is 5.75 Å². The minimum atomic E-state index is -0.230. The van der Waals surface area contributed by atoms with Crippen LogP contribution in [0.25, 0.3) is 11.0 Å². The van der Waals surface area contributed by atoms with Crippen LogP contribution in [0, 0.1) is 0 Å². The lowest BCUT2D eigenvalue weighted by molar-refractivity contribution is -0.118. The third kappa shape index (κ3) is 2.94. The maximum Gasteiger partial charge on any atom is 0.240 e. The van der Waals surface area contributed by atoms with Crippen LogP contribution >= 0.6 is 11.8 Å². The zero-order valence-corrected chi connectivity index (χ0v) is 15.8. The van der Waals surface area contributed by atoms with Gasteiger partial charge in [-0.1, -0.05) is 30.0 Å². The molecule has 1 aromatic heterocycles. The molecule has 0 spiro atoms. The first-order valence-corrected chi connectivity index (χ1v) is 9.56. The number of rotatable bonds is 4. The standard InChI is InChI=1S/C20H21N3O2S/c1-12-10-14-6-4-5-7-18(14)23(12)19(24)13(2)26-20-21-16-9-8-15(25-3)11-17(16)22-20/h4-9,11-13H,10H2,1-3H3,(H,21,22). The van der Waals surface area contributed by atoms with Gasteiger partial charge >= 0.3 is 0 Å². The van der Waals surface area contributed by atoms with E-state index in [4.69, 9.17) is 4.74 Å². The van der Waals surface area contributed by atoms with Crippen LogP contribution in [0.15, 0.2) is 47.6 Å². The fourth-order valence-corrected chi connectivity index (χ4v) is 4.33. The molecule has 134 valence electrons. The molecule has 1 amide bonds. The fraction of sp³-hybridized carbons (Fsp3) is 0.300. The fourth-order valence-electron chi connectivity index (χ4n) is 3.46. The highest BCUT2D eigenvalue weighted by molar-refractivity contribution is 8.00. The molecule has 1 aliphatic rings. The second kappa shape index (κ2) is 6.68. The summed E-state index contributed by atoms with van der Waals surface area (Å²) in [6, 6.07) is 14.0. The van der Waals surface area contributed by atoms with Crippen LogP contribution < -0.4 is 9.64 Å². The Hall–Kier alpha value is -2.47. The maximum atomic E-state index is 13.1. The minimum Gasteiger partial charge on any atom is -0.497 e. The molecule has 1 aliphatic heterocycles. The number of carbonyl (C=O) groups is 1. The number of thioether (sulfide) groups is 1. The summed E-state index contributed by atoms with van der Waals surface area (Å²) in [5.74, 6) is 0.898. The van der Waals surface area contributed by atoms with Crippen molar-refractivity contribution in [3.63, 3.8) is 0 Å². The number of amides is 1. The van der Waals surface area contributed by atoms with Gasteiger partial charge in [0.05, 0.1) is 23.4 Å². The monoisotopic (exact) mass is 367 g/mol. The molecule has 0 radical (unpaired) electrons. The highest BCUT2D eigenvalue weighted by Crippen LogP contribution is 2.34. The summed E-state index contributed by atoms with van der Waals surface area (Å²) in [7, 11) is 1.64. The van der Waals surface area contributed by atoms with E-state index in [1.54, 1.807) is 7.11 Å². The molecule has 1 N–H and O–H groups in total. The Kier molecular flexibility index (Phi) is 4.36. The smallest absolute Gasteiger partial charge is 0.240 e. The average Bonchev–Trinajstić information content (AvgIpc) is 3.19. The molecule has 4 rings (SSSR count).